The van der Waals surface area contributed by atoms with Crippen molar-refractivity contribution in [1.29, 1.82) is 0 Å². The lowest BCUT2D eigenvalue weighted by molar-refractivity contribution is 0.430. The van der Waals surface area contributed by atoms with Gasteiger partial charge in [0, 0.05) is 6.21 Å². The third-order valence-corrected chi connectivity index (χ3v) is 5.25. The fourth-order valence-corrected chi connectivity index (χ4v) is 3.50. The van der Waals surface area contributed by atoms with Gasteiger partial charge in [0.1, 0.15) is 11.3 Å². The number of hydrogen-bond acceptors (Lipinski definition) is 5. The van der Waals surface area contributed by atoms with Crippen molar-refractivity contribution in [2.45, 2.75) is 27.3 Å². The van der Waals surface area contributed by atoms with E-state index in [0.29, 0.717) is 23.6 Å². The summed E-state index contributed by atoms with van der Waals surface area (Å²) in [6.07, 6.45) is 1.27. The van der Waals surface area contributed by atoms with Gasteiger partial charge in [-0.1, -0.05) is 48.0 Å². The Morgan fingerprint density at radius 1 is 1.03 bits per heavy atom. The first-order valence-electron chi connectivity index (χ1n) is 10.1. The SMILES string of the molecule is Cc1ccc(-n2c(O)c(C=Nc3c(C)nn(Cc4ccccc4)c3C)c(=O)[nH]c2=O)cc1. The normalized spacial score (nSPS) is 11.3. The van der Waals surface area contributed by atoms with E-state index in [1.54, 1.807) is 12.1 Å². The maximum atomic E-state index is 12.4. The van der Waals surface area contributed by atoms with E-state index >= 15 is 0 Å². The number of benzene rings is 2. The number of aliphatic imine (C=N–C) groups is 1. The molecule has 0 bridgehead atoms. The fourth-order valence-electron chi connectivity index (χ4n) is 3.50. The van der Waals surface area contributed by atoms with E-state index in [-0.39, 0.29) is 5.56 Å². The molecule has 0 aliphatic heterocycles. The van der Waals surface area contributed by atoms with Gasteiger partial charge in [-0.15, -0.1) is 0 Å². The van der Waals surface area contributed by atoms with Crippen LogP contribution in [0.2, 0.25) is 0 Å². The molecule has 4 rings (SSSR count). The van der Waals surface area contributed by atoms with Crippen LogP contribution in [0.15, 0.2) is 69.2 Å². The van der Waals surface area contributed by atoms with Crippen LogP contribution < -0.4 is 11.2 Å². The molecule has 0 aliphatic rings. The minimum absolute atomic E-state index is 0.111. The molecule has 0 fully saturated rings. The molecule has 0 amide bonds. The molecule has 0 radical (unpaired) electrons. The number of aromatic hydroxyl groups is 1. The predicted molar refractivity (Wildman–Crippen MR) is 124 cm³/mol. The molecule has 0 saturated heterocycles. The number of hydrogen-bond donors (Lipinski definition) is 2. The van der Waals surface area contributed by atoms with Crippen molar-refractivity contribution in [2.75, 3.05) is 0 Å². The molecule has 0 aliphatic carbocycles. The summed E-state index contributed by atoms with van der Waals surface area (Å²) in [5.41, 5.74) is 3.12. The third-order valence-electron chi connectivity index (χ3n) is 5.25. The van der Waals surface area contributed by atoms with Gasteiger partial charge in [0.05, 0.1) is 23.6 Å². The molecule has 2 aromatic heterocycles. The summed E-state index contributed by atoms with van der Waals surface area (Å²) in [6, 6.07) is 16.9. The van der Waals surface area contributed by atoms with Crippen LogP contribution >= 0.6 is 0 Å². The van der Waals surface area contributed by atoms with E-state index < -0.39 is 17.1 Å². The lowest BCUT2D eigenvalue weighted by Gasteiger charge is -2.09. The number of aromatic amines is 1. The van der Waals surface area contributed by atoms with Crippen LogP contribution in [0.5, 0.6) is 5.88 Å². The van der Waals surface area contributed by atoms with E-state index in [4.69, 9.17) is 0 Å². The maximum Gasteiger partial charge on any atom is 0.335 e. The van der Waals surface area contributed by atoms with Gasteiger partial charge < -0.3 is 5.11 Å². The Labute approximate surface area is 184 Å². The van der Waals surface area contributed by atoms with Crippen LogP contribution in [0.4, 0.5) is 5.69 Å². The van der Waals surface area contributed by atoms with Crippen molar-refractivity contribution in [3.63, 3.8) is 0 Å². The van der Waals surface area contributed by atoms with Crippen LogP contribution in [0, 0.1) is 20.8 Å². The highest BCUT2D eigenvalue weighted by atomic mass is 16.3. The molecular weight excluding hydrogens is 406 g/mol. The minimum Gasteiger partial charge on any atom is -0.493 e. The summed E-state index contributed by atoms with van der Waals surface area (Å²) >= 11 is 0. The zero-order valence-corrected chi connectivity index (χ0v) is 18.0. The molecule has 32 heavy (non-hydrogen) atoms. The van der Waals surface area contributed by atoms with E-state index in [2.05, 4.69) is 15.1 Å². The average Bonchev–Trinajstić information content (AvgIpc) is 3.02. The molecule has 162 valence electrons. The second-order valence-corrected chi connectivity index (χ2v) is 7.59. The highest BCUT2D eigenvalue weighted by Gasteiger charge is 2.16. The molecule has 2 N–H and O–H groups in total. The van der Waals surface area contributed by atoms with Crippen molar-refractivity contribution < 1.29 is 5.11 Å². The average molecular weight is 429 g/mol. The summed E-state index contributed by atoms with van der Waals surface area (Å²) in [7, 11) is 0. The molecule has 0 saturated carbocycles. The first-order chi connectivity index (χ1) is 15.3. The topological polar surface area (TPSA) is 105 Å². The zero-order valence-electron chi connectivity index (χ0n) is 18.0. The number of H-pyrrole nitrogens is 1. The molecule has 4 aromatic rings. The summed E-state index contributed by atoms with van der Waals surface area (Å²) in [4.78, 5) is 31.4. The van der Waals surface area contributed by atoms with Crippen LogP contribution in [0.25, 0.3) is 5.69 Å². The summed E-state index contributed by atoms with van der Waals surface area (Å²) in [6.45, 7) is 6.23. The molecule has 8 heteroatoms. The van der Waals surface area contributed by atoms with Gasteiger partial charge in [0.25, 0.3) is 5.56 Å². The van der Waals surface area contributed by atoms with E-state index in [1.807, 2.05) is 67.9 Å². The van der Waals surface area contributed by atoms with Crippen molar-refractivity contribution in [3.05, 3.63) is 104 Å². The Morgan fingerprint density at radius 3 is 2.41 bits per heavy atom. The number of aromatic nitrogens is 4. The number of rotatable bonds is 5. The highest BCUT2D eigenvalue weighted by molar-refractivity contribution is 5.84. The minimum atomic E-state index is -0.725. The van der Waals surface area contributed by atoms with Gasteiger partial charge in [-0.2, -0.15) is 5.10 Å². The Kier molecular flexibility index (Phi) is 5.59. The molecule has 8 nitrogen and oxygen atoms in total. The maximum absolute atomic E-state index is 12.4. The van der Waals surface area contributed by atoms with E-state index in [9.17, 15) is 14.7 Å². The van der Waals surface area contributed by atoms with Crippen molar-refractivity contribution in [1.82, 2.24) is 19.3 Å². The fraction of sp³-hybridized carbons (Fsp3) is 0.167. The lowest BCUT2D eigenvalue weighted by atomic mass is 10.2. The first-order valence-corrected chi connectivity index (χ1v) is 10.1. The summed E-state index contributed by atoms with van der Waals surface area (Å²) in [5.74, 6) is -0.474. The smallest absolute Gasteiger partial charge is 0.335 e. The van der Waals surface area contributed by atoms with E-state index in [0.717, 1.165) is 21.4 Å². The quantitative estimate of drug-likeness (QED) is 0.476. The van der Waals surface area contributed by atoms with E-state index in [1.165, 1.54) is 6.21 Å². The monoisotopic (exact) mass is 429 g/mol. The molecule has 2 aromatic carbocycles. The molecule has 0 spiro atoms. The Bertz CT molecular complexity index is 1410. The second kappa shape index (κ2) is 8.50. The first kappa shape index (κ1) is 21.0. The Hall–Kier alpha value is -4.20. The summed E-state index contributed by atoms with van der Waals surface area (Å²) in [5, 5.41) is 15.3. The third kappa shape index (κ3) is 4.02. The largest absolute Gasteiger partial charge is 0.493 e. The van der Waals surface area contributed by atoms with Gasteiger partial charge in [-0.05, 0) is 38.5 Å². The number of aryl methyl sites for hydroxylation is 2. The van der Waals surface area contributed by atoms with Crippen LogP contribution in [0.1, 0.15) is 28.1 Å². The van der Waals surface area contributed by atoms with Crippen molar-refractivity contribution in [3.8, 4) is 11.6 Å². The Balaban J connectivity index is 1.73. The van der Waals surface area contributed by atoms with Crippen LogP contribution in [0.3, 0.4) is 0 Å². The molecule has 0 unspecified atom stereocenters. The zero-order chi connectivity index (χ0) is 22.8. The molecule has 2 heterocycles. The number of nitrogens with one attached hydrogen (secondary N) is 1. The standard InChI is InChI=1S/C24H23N5O3/c1-15-9-11-19(12-10-15)29-23(31)20(22(30)26-24(29)32)13-25-21-16(2)27-28(17(21)3)14-18-7-5-4-6-8-18/h4-13,31H,14H2,1-3H3,(H,26,30,32). The van der Waals surface area contributed by atoms with Gasteiger partial charge in [0.2, 0.25) is 5.88 Å². The predicted octanol–water partition coefficient (Wildman–Crippen LogP) is 3.15. The van der Waals surface area contributed by atoms with Crippen molar-refractivity contribution in [2.24, 2.45) is 4.99 Å². The second-order valence-electron chi connectivity index (χ2n) is 7.59. The van der Waals surface area contributed by atoms with Crippen LogP contribution in [-0.4, -0.2) is 30.7 Å². The molecule has 0 atom stereocenters. The van der Waals surface area contributed by atoms with Gasteiger partial charge in [0.15, 0.2) is 0 Å². The highest BCUT2D eigenvalue weighted by Crippen LogP contribution is 2.24. The molecular formula is C24H23N5O3. The van der Waals surface area contributed by atoms with Crippen molar-refractivity contribution >= 4 is 11.9 Å². The van der Waals surface area contributed by atoms with Gasteiger partial charge in [-0.3, -0.25) is 19.5 Å². The van der Waals surface area contributed by atoms with Gasteiger partial charge >= 0.3 is 5.69 Å². The van der Waals surface area contributed by atoms with Gasteiger partial charge in [-0.25, -0.2) is 9.36 Å². The lowest BCUT2D eigenvalue weighted by Crippen LogP contribution is -2.31. The number of nitrogens with zero attached hydrogens (tertiary/aromatic N) is 4. The Morgan fingerprint density at radius 2 is 1.72 bits per heavy atom. The van der Waals surface area contributed by atoms with Crippen LogP contribution in [-0.2, 0) is 6.54 Å². The summed E-state index contributed by atoms with van der Waals surface area (Å²) < 4.78 is 2.88.